The molecule has 1 aliphatic rings. The molecule has 19 heavy (non-hydrogen) atoms. The molecule has 0 saturated heterocycles. The molecule has 0 atom stereocenters. The quantitative estimate of drug-likeness (QED) is 0.886. The van der Waals surface area contributed by atoms with Crippen LogP contribution in [0.4, 0.5) is 0 Å². The van der Waals surface area contributed by atoms with E-state index in [1.807, 2.05) is 0 Å². The zero-order valence-electron chi connectivity index (χ0n) is 12.3. The minimum absolute atomic E-state index is 0.428. The first kappa shape index (κ1) is 14.5. The molecule has 0 bridgehead atoms. The molecule has 0 spiro atoms. The summed E-state index contributed by atoms with van der Waals surface area (Å²) in [5, 5.41) is 0. The second-order valence-electron chi connectivity index (χ2n) is 5.81. The Labute approximate surface area is 117 Å². The smallest absolute Gasteiger partial charge is 0.0547 e. The van der Waals surface area contributed by atoms with E-state index >= 15 is 0 Å². The summed E-state index contributed by atoms with van der Waals surface area (Å²) in [7, 11) is 0. The van der Waals surface area contributed by atoms with E-state index in [0.29, 0.717) is 12.1 Å². The number of aryl methyl sites for hydroxylation is 1. The normalized spacial score (nSPS) is 23.8. The maximum absolute atomic E-state index is 6.01. The second kappa shape index (κ2) is 7.01. The highest BCUT2D eigenvalue weighted by atomic mass is 15.2. The fourth-order valence-electron chi connectivity index (χ4n) is 3.04. The van der Waals surface area contributed by atoms with Gasteiger partial charge >= 0.3 is 0 Å². The van der Waals surface area contributed by atoms with Crippen molar-refractivity contribution in [1.29, 1.82) is 0 Å². The van der Waals surface area contributed by atoms with Crippen LogP contribution in [0.3, 0.4) is 0 Å². The van der Waals surface area contributed by atoms with E-state index in [0.717, 1.165) is 18.8 Å². The SMILES string of the molecule is CCCN(Cc1cccc(C)n1)C1CCC(N)CC1. The first-order valence-corrected chi connectivity index (χ1v) is 7.61. The summed E-state index contributed by atoms with van der Waals surface area (Å²) in [5.74, 6) is 0. The van der Waals surface area contributed by atoms with Gasteiger partial charge in [0, 0.05) is 24.3 Å². The molecule has 1 aromatic rings. The van der Waals surface area contributed by atoms with E-state index in [4.69, 9.17) is 5.73 Å². The van der Waals surface area contributed by atoms with Gasteiger partial charge in [-0.15, -0.1) is 0 Å². The summed E-state index contributed by atoms with van der Waals surface area (Å²) in [4.78, 5) is 7.24. The lowest BCUT2D eigenvalue weighted by atomic mass is 9.90. The lowest BCUT2D eigenvalue weighted by Crippen LogP contribution is -2.41. The third-order valence-electron chi connectivity index (χ3n) is 4.08. The molecule has 1 saturated carbocycles. The molecule has 2 rings (SSSR count). The Bertz CT molecular complexity index is 383. The Morgan fingerprint density at radius 2 is 2.00 bits per heavy atom. The minimum Gasteiger partial charge on any atom is -0.328 e. The van der Waals surface area contributed by atoms with Gasteiger partial charge < -0.3 is 5.73 Å². The average Bonchev–Trinajstić information content (AvgIpc) is 2.39. The number of nitrogens with zero attached hydrogens (tertiary/aromatic N) is 2. The van der Waals surface area contributed by atoms with E-state index in [9.17, 15) is 0 Å². The summed E-state index contributed by atoms with van der Waals surface area (Å²) < 4.78 is 0. The van der Waals surface area contributed by atoms with Gasteiger partial charge in [0.2, 0.25) is 0 Å². The number of nitrogens with two attached hydrogens (primary N) is 1. The van der Waals surface area contributed by atoms with Gasteiger partial charge in [0.1, 0.15) is 0 Å². The van der Waals surface area contributed by atoms with Gasteiger partial charge in [0.15, 0.2) is 0 Å². The first-order valence-electron chi connectivity index (χ1n) is 7.61. The van der Waals surface area contributed by atoms with Crippen molar-refractivity contribution in [3.05, 3.63) is 29.6 Å². The summed E-state index contributed by atoms with van der Waals surface area (Å²) in [5.41, 5.74) is 8.32. The van der Waals surface area contributed by atoms with Crippen molar-refractivity contribution < 1.29 is 0 Å². The van der Waals surface area contributed by atoms with E-state index < -0.39 is 0 Å². The molecule has 0 unspecified atom stereocenters. The van der Waals surface area contributed by atoms with Gasteiger partial charge in [0.05, 0.1) is 5.69 Å². The Hall–Kier alpha value is -0.930. The Morgan fingerprint density at radius 3 is 2.63 bits per heavy atom. The largest absolute Gasteiger partial charge is 0.328 e. The van der Waals surface area contributed by atoms with Crippen LogP contribution in [-0.4, -0.2) is 28.5 Å². The molecule has 1 aromatic heterocycles. The highest BCUT2D eigenvalue weighted by Gasteiger charge is 2.24. The highest BCUT2D eigenvalue weighted by molar-refractivity contribution is 5.10. The predicted octanol–water partition coefficient (Wildman–Crippen LogP) is 2.87. The van der Waals surface area contributed by atoms with E-state index in [2.05, 4.69) is 41.9 Å². The first-order chi connectivity index (χ1) is 9.19. The Morgan fingerprint density at radius 1 is 1.26 bits per heavy atom. The van der Waals surface area contributed by atoms with Crippen LogP contribution in [0.5, 0.6) is 0 Å². The van der Waals surface area contributed by atoms with Crippen LogP contribution in [0.25, 0.3) is 0 Å². The van der Waals surface area contributed by atoms with Gasteiger partial charge in [-0.3, -0.25) is 9.88 Å². The molecule has 1 aliphatic carbocycles. The summed E-state index contributed by atoms with van der Waals surface area (Å²) in [6, 6.07) is 7.44. The average molecular weight is 261 g/mol. The highest BCUT2D eigenvalue weighted by Crippen LogP contribution is 2.23. The third-order valence-corrected chi connectivity index (χ3v) is 4.08. The molecule has 2 N–H and O–H groups in total. The van der Waals surface area contributed by atoms with Gasteiger partial charge in [-0.05, 0) is 57.7 Å². The fraction of sp³-hybridized carbons (Fsp3) is 0.688. The summed E-state index contributed by atoms with van der Waals surface area (Å²) in [6.45, 7) is 6.46. The number of hydrogen-bond donors (Lipinski definition) is 1. The maximum atomic E-state index is 6.01. The Kier molecular flexibility index (Phi) is 5.34. The predicted molar refractivity (Wildman–Crippen MR) is 79.9 cm³/mol. The number of rotatable bonds is 5. The van der Waals surface area contributed by atoms with Crippen LogP contribution < -0.4 is 5.73 Å². The second-order valence-corrected chi connectivity index (χ2v) is 5.81. The van der Waals surface area contributed by atoms with Crippen molar-refractivity contribution in [3.8, 4) is 0 Å². The van der Waals surface area contributed by atoms with Crippen molar-refractivity contribution in [2.75, 3.05) is 6.54 Å². The molecular weight excluding hydrogens is 234 g/mol. The lowest BCUT2D eigenvalue weighted by Gasteiger charge is -2.35. The van der Waals surface area contributed by atoms with Crippen molar-refractivity contribution in [1.82, 2.24) is 9.88 Å². The van der Waals surface area contributed by atoms with Gasteiger partial charge in [-0.2, -0.15) is 0 Å². The molecular formula is C16H27N3. The lowest BCUT2D eigenvalue weighted by molar-refractivity contribution is 0.140. The zero-order valence-corrected chi connectivity index (χ0v) is 12.3. The number of aromatic nitrogens is 1. The van der Waals surface area contributed by atoms with Crippen molar-refractivity contribution >= 4 is 0 Å². The van der Waals surface area contributed by atoms with Crippen LogP contribution in [0.1, 0.15) is 50.4 Å². The van der Waals surface area contributed by atoms with E-state index in [1.165, 1.54) is 37.8 Å². The fourth-order valence-corrected chi connectivity index (χ4v) is 3.04. The molecule has 0 amide bonds. The summed E-state index contributed by atoms with van der Waals surface area (Å²) >= 11 is 0. The zero-order chi connectivity index (χ0) is 13.7. The number of pyridine rings is 1. The molecule has 1 fully saturated rings. The van der Waals surface area contributed by atoms with E-state index in [-0.39, 0.29) is 0 Å². The van der Waals surface area contributed by atoms with Crippen LogP contribution in [0.2, 0.25) is 0 Å². The molecule has 1 heterocycles. The molecule has 0 aliphatic heterocycles. The van der Waals surface area contributed by atoms with E-state index in [1.54, 1.807) is 0 Å². The standard InChI is InChI=1S/C16H27N3/c1-3-11-19(16-9-7-14(17)8-10-16)12-15-6-4-5-13(2)18-15/h4-6,14,16H,3,7-12,17H2,1-2H3. The topological polar surface area (TPSA) is 42.2 Å². The monoisotopic (exact) mass is 261 g/mol. The van der Waals surface area contributed by atoms with Crippen LogP contribution >= 0.6 is 0 Å². The van der Waals surface area contributed by atoms with Crippen molar-refractivity contribution in [2.24, 2.45) is 5.73 Å². The minimum atomic E-state index is 0.428. The van der Waals surface area contributed by atoms with Gasteiger partial charge in [-0.25, -0.2) is 0 Å². The molecule has 106 valence electrons. The molecule has 0 aromatic carbocycles. The number of hydrogen-bond acceptors (Lipinski definition) is 3. The summed E-state index contributed by atoms with van der Waals surface area (Å²) in [6.07, 6.45) is 6.03. The Balaban J connectivity index is 1.99. The van der Waals surface area contributed by atoms with Crippen LogP contribution in [0.15, 0.2) is 18.2 Å². The van der Waals surface area contributed by atoms with Gasteiger partial charge in [0.25, 0.3) is 0 Å². The maximum Gasteiger partial charge on any atom is 0.0547 e. The molecule has 0 radical (unpaired) electrons. The molecule has 3 nitrogen and oxygen atoms in total. The van der Waals surface area contributed by atoms with Gasteiger partial charge in [-0.1, -0.05) is 13.0 Å². The third kappa shape index (κ3) is 4.29. The van der Waals surface area contributed by atoms with Crippen LogP contribution in [0, 0.1) is 6.92 Å². The molecule has 3 heteroatoms. The van der Waals surface area contributed by atoms with Crippen LogP contribution in [-0.2, 0) is 6.54 Å². The van der Waals surface area contributed by atoms with Crippen molar-refractivity contribution in [2.45, 2.75) is 64.6 Å². The van der Waals surface area contributed by atoms with Crippen molar-refractivity contribution in [3.63, 3.8) is 0 Å².